The highest BCUT2D eigenvalue weighted by Gasteiger charge is 2.39. The van der Waals surface area contributed by atoms with E-state index in [9.17, 15) is 9.90 Å². The van der Waals surface area contributed by atoms with Gasteiger partial charge in [0.2, 0.25) is 0 Å². The first-order chi connectivity index (χ1) is 11.6. The van der Waals surface area contributed by atoms with Crippen molar-refractivity contribution < 1.29 is 14.6 Å². The zero-order valence-corrected chi connectivity index (χ0v) is 14.6. The smallest absolute Gasteiger partial charge is 0.410 e. The molecule has 1 amide bonds. The molecule has 1 aromatic rings. The molecule has 132 valence electrons. The number of hydrogen-bond donors (Lipinski definition) is 1. The summed E-state index contributed by atoms with van der Waals surface area (Å²) in [6, 6.07) is 9.81. The zero-order valence-electron chi connectivity index (χ0n) is 14.6. The van der Waals surface area contributed by atoms with Gasteiger partial charge in [-0.1, -0.05) is 30.3 Å². The fourth-order valence-electron chi connectivity index (χ4n) is 4.21. The van der Waals surface area contributed by atoms with Crippen LogP contribution >= 0.6 is 0 Å². The summed E-state index contributed by atoms with van der Waals surface area (Å²) in [5, 5.41) is 9.76. The van der Waals surface area contributed by atoms with Gasteiger partial charge in [0.1, 0.15) is 6.61 Å². The van der Waals surface area contributed by atoms with Crippen molar-refractivity contribution in [2.24, 2.45) is 11.3 Å². The Kier molecular flexibility index (Phi) is 5.44. The maximum Gasteiger partial charge on any atom is 0.410 e. The van der Waals surface area contributed by atoms with Crippen molar-refractivity contribution in [3.05, 3.63) is 35.9 Å². The fourth-order valence-corrected chi connectivity index (χ4v) is 4.21. The highest BCUT2D eigenvalue weighted by Crippen LogP contribution is 2.47. The van der Waals surface area contributed by atoms with Crippen LogP contribution in [-0.2, 0) is 11.3 Å². The Morgan fingerprint density at radius 2 is 1.83 bits per heavy atom. The van der Waals surface area contributed by atoms with Gasteiger partial charge < -0.3 is 14.7 Å². The van der Waals surface area contributed by atoms with E-state index in [1.54, 1.807) is 0 Å². The standard InChI is InChI=1S/C20H29NO3/c1-16(22)18-7-9-20(10-8-18)11-13-21(14-12-20)19(23)24-15-17-5-3-2-4-6-17/h2-6,16,18,22H,7-15H2,1H3/t16-/m0/s1. The van der Waals surface area contributed by atoms with Crippen molar-refractivity contribution >= 4 is 6.09 Å². The molecule has 2 aliphatic rings. The van der Waals surface area contributed by atoms with E-state index in [-0.39, 0.29) is 12.2 Å². The minimum absolute atomic E-state index is 0.185. The van der Waals surface area contributed by atoms with Crippen molar-refractivity contribution in [1.29, 1.82) is 0 Å². The monoisotopic (exact) mass is 331 g/mol. The van der Waals surface area contributed by atoms with Crippen LogP contribution in [0.15, 0.2) is 30.3 Å². The van der Waals surface area contributed by atoms with Gasteiger partial charge in [-0.3, -0.25) is 0 Å². The minimum atomic E-state index is -0.189. The molecular weight excluding hydrogens is 302 g/mol. The van der Waals surface area contributed by atoms with Crippen molar-refractivity contribution in [2.45, 2.75) is 58.2 Å². The Bertz CT molecular complexity index is 525. The molecule has 1 aliphatic carbocycles. The van der Waals surface area contributed by atoms with Gasteiger partial charge in [-0.15, -0.1) is 0 Å². The van der Waals surface area contributed by atoms with Gasteiger partial charge in [0.15, 0.2) is 0 Å². The van der Waals surface area contributed by atoms with E-state index < -0.39 is 0 Å². The molecule has 1 heterocycles. The lowest BCUT2D eigenvalue weighted by atomic mass is 9.65. The van der Waals surface area contributed by atoms with E-state index in [1.165, 1.54) is 12.8 Å². The Balaban J connectivity index is 1.44. The van der Waals surface area contributed by atoms with Crippen LogP contribution in [0.2, 0.25) is 0 Å². The van der Waals surface area contributed by atoms with E-state index in [4.69, 9.17) is 4.74 Å². The minimum Gasteiger partial charge on any atom is -0.445 e. The maximum atomic E-state index is 12.3. The third-order valence-corrected chi connectivity index (χ3v) is 6.06. The molecule has 0 bridgehead atoms. The van der Waals surface area contributed by atoms with Crippen molar-refractivity contribution in [2.75, 3.05) is 13.1 Å². The molecule has 1 N–H and O–H groups in total. The Morgan fingerprint density at radius 3 is 2.42 bits per heavy atom. The first-order valence-electron chi connectivity index (χ1n) is 9.22. The van der Waals surface area contributed by atoms with Gasteiger partial charge in [-0.05, 0) is 62.3 Å². The number of aliphatic hydroxyl groups is 1. The SMILES string of the molecule is C[C@H](O)C1CCC2(CC1)CCN(C(=O)OCc1ccccc1)CC2. The number of likely N-dealkylation sites (tertiary alicyclic amines) is 1. The van der Waals surface area contributed by atoms with Crippen LogP contribution in [0.25, 0.3) is 0 Å². The van der Waals surface area contributed by atoms with Gasteiger partial charge in [0.25, 0.3) is 0 Å². The van der Waals surface area contributed by atoms with Crippen LogP contribution < -0.4 is 0 Å². The summed E-state index contributed by atoms with van der Waals surface area (Å²) in [7, 11) is 0. The highest BCUT2D eigenvalue weighted by atomic mass is 16.6. The first-order valence-corrected chi connectivity index (χ1v) is 9.22. The summed E-state index contributed by atoms with van der Waals surface area (Å²) in [6.07, 6.45) is 6.39. The molecule has 0 radical (unpaired) electrons. The average Bonchev–Trinajstić information content (AvgIpc) is 2.61. The van der Waals surface area contributed by atoms with Crippen molar-refractivity contribution in [3.63, 3.8) is 0 Å². The molecule has 1 aromatic carbocycles. The number of amides is 1. The average molecular weight is 331 g/mol. The third kappa shape index (κ3) is 4.10. The molecule has 1 saturated heterocycles. The Morgan fingerprint density at radius 1 is 1.21 bits per heavy atom. The van der Waals surface area contributed by atoms with E-state index in [2.05, 4.69) is 0 Å². The maximum absolute atomic E-state index is 12.3. The van der Waals surface area contributed by atoms with Gasteiger partial charge in [0, 0.05) is 13.1 Å². The molecule has 24 heavy (non-hydrogen) atoms. The molecule has 0 aromatic heterocycles. The summed E-state index contributed by atoms with van der Waals surface area (Å²) < 4.78 is 5.45. The summed E-state index contributed by atoms with van der Waals surface area (Å²) in [5.41, 5.74) is 1.41. The number of piperidine rings is 1. The summed E-state index contributed by atoms with van der Waals surface area (Å²) in [4.78, 5) is 14.1. The van der Waals surface area contributed by atoms with Gasteiger partial charge in [0.05, 0.1) is 6.10 Å². The number of carbonyl (C=O) groups excluding carboxylic acids is 1. The molecule has 1 aliphatic heterocycles. The van der Waals surface area contributed by atoms with Gasteiger partial charge in [-0.25, -0.2) is 4.79 Å². The second kappa shape index (κ2) is 7.56. The van der Waals surface area contributed by atoms with Crippen molar-refractivity contribution in [1.82, 2.24) is 4.90 Å². The molecular formula is C20H29NO3. The fraction of sp³-hybridized carbons (Fsp3) is 0.650. The molecule has 4 nitrogen and oxygen atoms in total. The number of hydrogen-bond acceptors (Lipinski definition) is 3. The van der Waals surface area contributed by atoms with Gasteiger partial charge in [-0.2, -0.15) is 0 Å². The van der Waals surface area contributed by atoms with E-state index in [1.807, 2.05) is 42.2 Å². The lowest BCUT2D eigenvalue weighted by Gasteiger charge is -2.46. The number of nitrogens with zero attached hydrogens (tertiary/aromatic N) is 1. The zero-order chi connectivity index (χ0) is 17.0. The summed E-state index contributed by atoms with van der Waals surface area (Å²) in [6.45, 7) is 3.85. The van der Waals surface area contributed by atoms with Crippen LogP contribution in [0.3, 0.4) is 0 Å². The molecule has 1 spiro atoms. The predicted molar refractivity (Wildman–Crippen MR) is 93.5 cm³/mol. The summed E-state index contributed by atoms with van der Waals surface area (Å²) >= 11 is 0. The molecule has 3 rings (SSSR count). The number of rotatable bonds is 3. The Hall–Kier alpha value is -1.55. The van der Waals surface area contributed by atoms with E-state index >= 15 is 0 Å². The number of ether oxygens (including phenoxy) is 1. The largest absolute Gasteiger partial charge is 0.445 e. The predicted octanol–water partition coefficient (Wildman–Crippen LogP) is 3.98. The summed E-state index contributed by atoms with van der Waals surface area (Å²) in [5.74, 6) is 0.462. The van der Waals surface area contributed by atoms with Crippen molar-refractivity contribution in [3.8, 4) is 0 Å². The van der Waals surface area contributed by atoms with E-state index in [0.717, 1.165) is 44.3 Å². The normalized spacial score (nSPS) is 22.3. The molecule has 4 heteroatoms. The lowest BCUT2D eigenvalue weighted by molar-refractivity contribution is 0.0144. The topological polar surface area (TPSA) is 49.8 Å². The quantitative estimate of drug-likeness (QED) is 0.911. The van der Waals surface area contributed by atoms with Crippen LogP contribution in [0, 0.1) is 11.3 Å². The second-order valence-corrected chi connectivity index (χ2v) is 7.61. The first kappa shape index (κ1) is 17.3. The molecule has 0 unspecified atom stereocenters. The number of benzene rings is 1. The van der Waals surface area contributed by atoms with Crippen LogP contribution in [0.1, 0.15) is 51.0 Å². The number of carbonyl (C=O) groups is 1. The van der Waals surface area contributed by atoms with Gasteiger partial charge >= 0.3 is 6.09 Å². The Labute approximate surface area is 144 Å². The second-order valence-electron chi connectivity index (χ2n) is 7.61. The molecule has 1 atom stereocenters. The van der Waals surface area contributed by atoms with Crippen LogP contribution in [0.5, 0.6) is 0 Å². The lowest BCUT2D eigenvalue weighted by Crippen LogP contribution is -2.45. The van der Waals surface area contributed by atoms with Crippen LogP contribution in [0.4, 0.5) is 4.79 Å². The third-order valence-electron chi connectivity index (χ3n) is 6.06. The molecule has 2 fully saturated rings. The van der Waals surface area contributed by atoms with Crippen LogP contribution in [-0.4, -0.2) is 35.3 Å². The highest BCUT2D eigenvalue weighted by molar-refractivity contribution is 5.67. The van der Waals surface area contributed by atoms with E-state index in [0.29, 0.717) is 17.9 Å². The number of aliphatic hydroxyl groups excluding tert-OH is 1. The molecule has 1 saturated carbocycles.